The van der Waals surface area contributed by atoms with Gasteiger partial charge in [0.2, 0.25) is 5.76 Å². The van der Waals surface area contributed by atoms with Crippen molar-refractivity contribution < 1.29 is 63.5 Å². The lowest BCUT2D eigenvalue weighted by molar-refractivity contribution is -0.362. The van der Waals surface area contributed by atoms with Gasteiger partial charge in [-0.15, -0.1) is 0 Å². The average Bonchev–Trinajstić information content (AvgIpc) is 3.13. The van der Waals surface area contributed by atoms with Crippen molar-refractivity contribution in [1.82, 2.24) is 0 Å². The van der Waals surface area contributed by atoms with Crippen molar-refractivity contribution in [2.24, 2.45) is 35.5 Å². The SMILES string of the molecule is CO/C1=C\C(C)=C\[C@@H](C)[C@@H](O)[C@@H](C)C/C(C)=C/C=C/[C@H](OC)[C@@H]([C@@H](C)[C@@H](O)[C@H](C)[C@@]2(O)C[C@@H](O[C@@H]3O[C@@H](C)[C@H](O)[C@@H](O)[C@H]3OC)[C@H](C)[C@@H](C(C)C)O2)OC1=O. The molecule has 2 fully saturated rings. The van der Waals surface area contributed by atoms with Crippen molar-refractivity contribution in [2.75, 3.05) is 21.3 Å². The summed E-state index contributed by atoms with van der Waals surface area (Å²) in [5.41, 5.74) is 1.73. The van der Waals surface area contributed by atoms with Crippen molar-refractivity contribution in [3.8, 4) is 0 Å². The van der Waals surface area contributed by atoms with E-state index in [1.807, 2.05) is 66.7 Å². The fraction of sp³-hybridized carbons (Fsp3) is 0.786. The number of cyclic esters (lactones) is 1. The van der Waals surface area contributed by atoms with Crippen LogP contribution in [0.1, 0.15) is 82.1 Å². The predicted molar refractivity (Wildman–Crippen MR) is 206 cm³/mol. The minimum absolute atomic E-state index is 0.0363. The third-order valence-corrected chi connectivity index (χ3v) is 11.8. The molecule has 55 heavy (non-hydrogen) atoms. The van der Waals surface area contributed by atoms with Gasteiger partial charge < -0.3 is 58.7 Å². The molecule has 3 aliphatic rings. The minimum atomic E-state index is -1.92. The normalized spacial score (nSPS) is 43.8. The largest absolute Gasteiger partial charge is 0.490 e. The summed E-state index contributed by atoms with van der Waals surface area (Å²) in [6.07, 6.45) is -0.670. The molecule has 0 saturated carbocycles. The van der Waals surface area contributed by atoms with Gasteiger partial charge >= 0.3 is 5.97 Å². The second-order valence-corrected chi connectivity index (χ2v) is 16.6. The standard InChI is InChI=1S/C42H70O13/c1-21(2)37-26(7)32(53-41-39(51-13)36(46)35(45)29(10)52-41)20-42(48,55-37)28(9)34(44)27(8)38-30(49-11)16-14-15-22(3)17-24(5)33(43)25(6)18-23(4)19-31(50-12)40(47)54-38/h14-16,18-19,21,24-30,32-39,41,43-46,48H,17,20H2,1-13H3/b16-14+,22-15+,23-18+,31-19-/t24-,25+,26-,27-,28-,29-,30-,32+,33-,34+,35-,36+,37+,38+,39+,41-,42+/m0/s1. The zero-order valence-corrected chi connectivity index (χ0v) is 35.1. The van der Waals surface area contributed by atoms with Crippen molar-refractivity contribution in [3.05, 3.63) is 47.3 Å². The molecule has 13 heteroatoms. The Hall–Kier alpha value is -2.17. The van der Waals surface area contributed by atoms with Crippen LogP contribution in [0.2, 0.25) is 0 Å². The number of ether oxygens (including phenoxy) is 7. The first kappa shape index (κ1) is 47.2. The molecule has 0 radical (unpaired) electrons. The number of rotatable bonds is 10. The Kier molecular flexibility index (Phi) is 17.6. The van der Waals surface area contributed by atoms with Gasteiger partial charge in [-0.2, -0.15) is 0 Å². The Bertz CT molecular complexity index is 1360. The van der Waals surface area contributed by atoms with Crippen LogP contribution in [-0.4, -0.2) is 126 Å². The summed E-state index contributed by atoms with van der Waals surface area (Å²) in [4.78, 5) is 13.8. The molecular weight excluding hydrogens is 712 g/mol. The summed E-state index contributed by atoms with van der Waals surface area (Å²) in [6, 6.07) is 0. The lowest BCUT2D eigenvalue weighted by Gasteiger charge is -2.51. The smallest absolute Gasteiger partial charge is 0.373 e. The van der Waals surface area contributed by atoms with Crippen LogP contribution >= 0.6 is 0 Å². The van der Waals surface area contributed by atoms with E-state index in [4.69, 9.17) is 33.2 Å². The number of esters is 1. The van der Waals surface area contributed by atoms with Crippen molar-refractivity contribution in [1.29, 1.82) is 0 Å². The molecule has 0 aromatic carbocycles. The van der Waals surface area contributed by atoms with Crippen LogP contribution in [0.3, 0.4) is 0 Å². The Balaban J connectivity index is 2.00. The van der Waals surface area contributed by atoms with E-state index in [1.165, 1.54) is 21.3 Å². The van der Waals surface area contributed by atoms with E-state index in [1.54, 1.807) is 32.9 Å². The Morgan fingerprint density at radius 2 is 1.58 bits per heavy atom. The van der Waals surface area contributed by atoms with Gasteiger partial charge in [0.05, 0.1) is 37.6 Å². The number of aliphatic hydroxyl groups is 5. The maximum atomic E-state index is 13.8. The van der Waals surface area contributed by atoms with Crippen LogP contribution in [0.25, 0.3) is 0 Å². The molecule has 0 bridgehead atoms. The van der Waals surface area contributed by atoms with Gasteiger partial charge in [-0.05, 0) is 45.1 Å². The highest BCUT2D eigenvalue weighted by Crippen LogP contribution is 2.43. The topological polar surface area (TPSA) is 183 Å². The molecule has 17 atom stereocenters. The first-order valence-electron chi connectivity index (χ1n) is 19.7. The number of carbonyl (C=O) groups excluding carboxylic acids is 1. The monoisotopic (exact) mass is 782 g/mol. The van der Waals surface area contributed by atoms with Gasteiger partial charge in [-0.1, -0.05) is 83.9 Å². The molecule has 13 nitrogen and oxygen atoms in total. The van der Waals surface area contributed by atoms with E-state index in [2.05, 4.69) is 0 Å². The van der Waals surface area contributed by atoms with Gasteiger partial charge in [0, 0.05) is 44.3 Å². The van der Waals surface area contributed by atoms with E-state index in [-0.39, 0.29) is 35.9 Å². The number of hydrogen-bond acceptors (Lipinski definition) is 13. The average molecular weight is 783 g/mol. The zero-order chi connectivity index (χ0) is 41.5. The molecular formula is C42H70O13. The first-order valence-corrected chi connectivity index (χ1v) is 19.7. The summed E-state index contributed by atoms with van der Waals surface area (Å²) >= 11 is 0. The maximum Gasteiger partial charge on any atom is 0.373 e. The molecule has 3 rings (SSSR count). The molecule has 0 unspecified atom stereocenters. The Morgan fingerprint density at radius 1 is 0.927 bits per heavy atom. The van der Waals surface area contributed by atoms with Gasteiger partial charge in [0.25, 0.3) is 0 Å². The number of aliphatic hydroxyl groups excluding tert-OH is 4. The molecule has 0 spiro atoms. The maximum absolute atomic E-state index is 13.8. The molecule has 0 aliphatic carbocycles. The van der Waals surface area contributed by atoms with Crippen LogP contribution < -0.4 is 0 Å². The molecule has 3 aliphatic heterocycles. The van der Waals surface area contributed by atoms with E-state index < -0.39 is 90.9 Å². The molecule has 0 aromatic rings. The summed E-state index contributed by atoms with van der Waals surface area (Å²) < 4.78 is 41.8. The van der Waals surface area contributed by atoms with Gasteiger partial charge in [-0.25, -0.2) is 4.79 Å². The molecule has 5 N–H and O–H groups in total. The van der Waals surface area contributed by atoms with Crippen LogP contribution in [-0.2, 0) is 38.0 Å². The number of allylic oxidation sites excluding steroid dienone is 5. The van der Waals surface area contributed by atoms with Crippen molar-refractivity contribution in [2.45, 2.75) is 155 Å². The second-order valence-electron chi connectivity index (χ2n) is 16.6. The van der Waals surface area contributed by atoms with Gasteiger partial charge in [-0.3, -0.25) is 0 Å². The van der Waals surface area contributed by atoms with Gasteiger partial charge in [0.1, 0.15) is 30.5 Å². The zero-order valence-electron chi connectivity index (χ0n) is 35.1. The highest BCUT2D eigenvalue weighted by Gasteiger charge is 2.54. The quantitative estimate of drug-likeness (QED) is 0.199. The fourth-order valence-corrected chi connectivity index (χ4v) is 8.23. The van der Waals surface area contributed by atoms with Crippen LogP contribution in [0.5, 0.6) is 0 Å². The van der Waals surface area contributed by atoms with E-state index in [9.17, 15) is 30.3 Å². The highest BCUT2D eigenvalue weighted by atomic mass is 16.7. The predicted octanol–water partition coefficient (Wildman–Crippen LogP) is 4.20. The Labute approximate surface area is 328 Å². The summed E-state index contributed by atoms with van der Waals surface area (Å²) in [5, 5.41) is 56.6. The fourth-order valence-electron chi connectivity index (χ4n) is 8.23. The molecule has 0 aromatic heterocycles. The lowest BCUT2D eigenvalue weighted by atomic mass is 9.76. The number of carbonyl (C=O) groups is 1. The van der Waals surface area contributed by atoms with E-state index in [0.29, 0.717) is 12.0 Å². The summed E-state index contributed by atoms with van der Waals surface area (Å²) in [7, 11) is 4.25. The van der Waals surface area contributed by atoms with Crippen LogP contribution in [0.4, 0.5) is 0 Å². The second kappa shape index (κ2) is 20.5. The van der Waals surface area contributed by atoms with Crippen molar-refractivity contribution >= 4 is 5.97 Å². The molecule has 0 amide bonds. The lowest BCUT2D eigenvalue weighted by Crippen LogP contribution is -2.62. The third kappa shape index (κ3) is 11.5. The number of methoxy groups -OCH3 is 3. The Morgan fingerprint density at radius 3 is 2.16 bits per heavy atom. The molecule has 2 saturated heterocycles. The van der Waals surface area contributed by atoms with Crippen LogP contribution in [0.15, 0.2) is 47.3 Å². The summed E-state index contributed by atoms with van der Waals surface area (Å²) in [5.74, 6) is -5.08. The van der Waals surface area contributed by atoms with E-state index >= 15 is 0 Å². The van der Waals surface area contributed by atoms with Crippen molar-refractivity contribution in [3.63, 3.8) is 0 Å². The molecule has 3 heterocycles. The van der Waals surface area contributed by atoms with Gasteiger partial charge in [0.15, 0.2) is 12.1 Å². The first-order chi connectivity index (χ1) is 25.7. The molecule has 316 valence electrons. The van der Waals surface area contributed by atoms with E-state index in [0.717, 1.165) is 5.57 Å². The minimum Gasteiger partial charge on any atom is -0.490 e. The van der Waals surface area contributed by atoms with Crippen LogP contribution in [0, 0.1) is 35.5 Å². The number of hydrogen-bond donors (Lipinski definition) is 5. The third-order valence-electron chi connectivity index (χ3n) is 11.8. The highest BCUT2D eigenvalue weighted by molar-refractivity contribution is 5.87. The summed E-state index contributed by atoms with van der Waals surface area (Å²) in [6.45, 7) is 18.6.